The van der Waals surface area contributed by atoms with Gasteiger partial charge in [0.2, 0.25) is 5.91 Å². The van der Waals surface area contributed by atoms with Gasteiger partial charge >= 0.3 is 5.97 Å². The number of hydrogen-bond donors (Lipinski definition) is 3. The summed E-state index contributed by atoms with van der Waals surface area (Å²) in [5, 5.41) is 21.1. The van der Waals surface area contributed by atoms with Crippen LogP contribution in [-0.4, -0.2) is 34.2 Å². The van der Waals surface area contributed by atoms with Crippen LogP contribution in [0.1, 0.15) is 65.2 Å². The van der Waals surface area contributed by atoms with Crippen LogP contribution in [0.15, 0.2) is 12.2 Å². The van der Waals surface area contributed by atoms with Crippen molar-refractivity contribution < 1.29 is 19.8 Å². The van der Waals surface area contributed by atoms with Crippen LogP contribution in [0.5, 0.6) is 0 Å². The lowest BCUT2D eigenvalue weighted by Gasteiger charge is -2.30. The minimum Gasteiger partial charge on any atom is -0.480 e. The lowest BCUT2D eigenvalue weighted by atomic mass is 9.89. The minimum atomic E-state index is -1.35. The fraction of sp³-hybridized carbons (Fsp3) is 0.750. The van der Waals surface area contributed by atoms with Crippen molar-refractivity contribution in [3.8, 4) is 0 Å². The van der Waals surface area contributed by atoms with Crippen LogP contribution in [0.2, 0.25) is 0 Å². The predicted octanol–water partition coefficient (Wildman–Crippen LogP) is 2.64. The quantitative estimate of drug-likeness (QED) is 0.382. The maximum Gasteiger partial charge on any atom is 0.329 e. The first-order chi connectivity index (χ1) is 10.0. The van der Waals surface area contributed by atoms with E-state index < -0.39 is 11.5 Å². The molecular formula is C16H29NO4. The van der Waals surface area contributed by atoms with E-state index in [-0.39, 0.29) is 25.4 Å². The van der Waals surface area contributed by atoms with Crippen LogP contribution < -0.4 is 5.32 Å². The molecule has 5 nitrogen and oxygen atoms in total. The Bertz CT molecular complexity index is 341. The Morgan fingerprint density at radius 3 is 2.29 bits per heavy atom. The van der Waals surface area contributed by atoms with E-state index in [0.29, 0.717) is 12.8 Å². The van der Waals surface area contributed by atoms with Gasteiger partial charge in [-0.3, -0.25) is 4.79 Å². The molecule has 5 heteroatoms. The first-order valence-electron chi connectivity index (χ1n) is 7.82. The average Bonchev–Trinajstić information content (AvgIpc) is 2.44. The normalized spacial score (nSPS) is 14.0. The van der Waals surface area contributed by atoms with Crippen LogP contribution >= 0.6 is 0 Å². The number of allylic oxidation sites excluding steroid dienone is 1. The van der Waals surface area contributed by atoms with Gasteiger partial charge in [-0.25, -0.2) is 4.79 Å². The number of aliphatic hydroxyl groups is 1. The number of nitrogens with one attached hydrogen (secondary N) is 1. The van der Waals surface area contributed by atoms with Crippen LogP contribution in [0.3, 0.4) is 0 Å². The van der Waals surface area contributed by atoms with Gasteiger partial charge in [-0.1, -0.05) is 51.7 Å². The van der Waals surface area contributed by atoms with Crippen molar-refractivity contribution in [1.82, 2.24) is 5.32 Å². The summed E-state index contributed by atoms with van der Waals surface area (Å²) >= 11 is 0. The maximum atomic E-state index is 11.9. The molecular weight excluding hydrogens is 270 g/mol. The summed E-state index contributed by atoms with van der Waals surface area (Å²) in [4.78, 5) is 23.5. The number of amides is 1. The summed E-state index contributed by atoms with van der Waals surface area (Å²) in [5.74, 6) is -1.39. The van der Waals surface area contributed by atoms with Crippen molar-refractivity contribution in [2.75, 3.05) is 6.61 Å². The Hall–Kier alpha value is -1.36. The first kappa shape index (κ1) is 19.6. The zero-order valence-corrected chi connectivity index (χ0v) is 13.2. The van der Waals surface area contributed by atoms with E-state index in [9.17, 15) is 14.7 Å². The van der Waals surface area contributed by atoms with Gasteiger partial charge in [0.1, 0.15) is 5.54 Å². The van der Waals surface area contributed by atoms with E-state index in [0.717, 1.165) is 25.7 Å². The average molecular weight is 299 g/mol. The molecule has 0 heterocycles. The van der Waals surface area contributed by atoms with Crippen LogP contribution in [0.25, 0.3) is 0 Å². The van der Waals surface area contributed by atoms with Crippen molar-refractivity contribution in [2.45, 2.75) is 70.8 Å². The van der Waals surface area contributed by atoms with Crippen LogP contribution in [0, 0.1) is 0 Å². The van der Waals surface area contributed by atoms with Crippen LogP contribution in [0.4, 0.5) is 0 Å². The Labute approximate surface area is 127 Å². The lowest BCUT2D eigenvalue weighted by molar-refractivity contribution is -0.148. The second kappa shape index (κ2) is 11.3. The highest BCUT2D eigenvalue weighted by molar-refractivity contribution is 5.87. The molecule has 0 aliphatic rings. The molecule has 0 saturated heterocycles. The van der Waals surface area contributed by atoms with Crippen molar-refractivity contribution in [3.63, 3.8) is 0 Å². The van der Waals surface area contributed by atoms with Gasteiger partial charge in [0.25, 0.3) is 0 Å². The highest BCUT2D eigenvalue weighted by atomic mass is 16.4. The third-order valence-electron chi connectivity index (χ3n) is 3.48. The molecule has 0 radical (unpaired) electrons. The number of unbranched alkanes of at least 4 members (excludes halogenated alkanes) is 3. The zero-order valence-electron chi connectivity index (χ0n) is 13.2. The standard InChI is InChI=1S/C16H29NO4/c1-3-5-7-8-9-10-14(19)17-16(12-13-18,15(20)21)11-6-4-2/h8-9,18H,3-7,10-13H2,1-2H3,(H,17,19)(H,20,21)/b9-8+/t16-/m0/s1. The molecule has 0 saturated carbocycles. The molecule has 0 unspecified atom stereocenters. The van der Waals surface area contributed by atoms with Crippen LogP contribution in [-0.2, 0) is 9.59 Å². The molecule has 0 aliphatic carbocycles. The monoisotopic (exact) mass is 299 g/mol. The van der Waals surface area contributed by atoms with E-state index in [1.807, 2.05) is 13.0 Å². The zero-order chi connectivity index (χ0) is 16.1. The number of carbonyl (C=O) groups excluding carboxylic acids is 1. The highest BCUT2D eigenvalue weighted by Crippen LogP contribution is 2.19. The second-order valence-corrected chi connectivity index (χ2v) is 5.33. The Morgan fingerprint density at radius 1 is 1.10 bits per heavy atom. The van der Waals surface area contributed by atoms with Gasteiger partial charge in [-0.05, 0) is 12.8 Å². The Morgan fingerprint density at radius 2 is 1.76 bits per heavy atom. The number of rotatable bonds is 12. The van der Waals surface area contributed by atoms with E-state index in [1.54, 1.807) is 6.08 Å². The predicted molar refractivity (Wildman–Crippen MR) is 83.0 cm³/mol. The molecule has 3 N–H and O–H groups in total. The van der Waals surface area contributed by atoms with Gasteiger partial charge in [-0.15, -0.1) is 0 Å². The number of carboxylic acids is 1. The molecule has 0 aliphatic heterocycles. The summed E-state index contributed by atoms with van der Waals surface area (Å²) in [7, 11) is 0. The van der Waals surface area contributed by atoms with Gasteiger partial charge in [0, 0.05) is 19.4 Å². The molecule has 21 heavy (non-hydrogen) atoms. The lowest BCUT2D eigenvalue weighted by Crippen LogP contribution is -2.55. The molecule has 1 atom stereocenters. The number of aliphatic carboxylic acids is 1. The number of hydrogen-bond acceptors (Lipinski definition) is 3. The minimum absolute atomic E-state index is 0.0353. The largest absolute Gasteiger partial charge is 0.480 e. The number of aliphatic hydroxyl groups excluding tert-OH is 1. The summed E-state index contributed by atoms with van der Waals surface area (Å²) in [5.41, 5.74) is -1.35. The third-order valence-corrected chi connectivity index (χ3v) is 3.48. The van der Waals surface area contributed by atoms with Crippen molar-refractivity contribution >= 4 is 11.9 Å². The fourth-order valence-corrected chi connectivity index (χ4v) is 2.13. The smallest absolute Gasteiger partial charge is 0.329 e. The topological polar surface area (TPSA) is 86.6 Å². The summed E-state index contributed by atoms with van der Waals surface area (Å²) in [6.07, 6.45) is 8.92. The van der Waals surface area contributed by atoms with Gasteiger partial charge < -0.3 is 15.5 Å². The Kier molecular flexibility index (Phi) is 10.6. The Balaban J connectivity index is 4.59. The molecule has 0 aromatic heterocycles. The van der Waals surface area contributed by atoms with E-state index in [2.05, 4.69) is 12.2 Å². The molecule has 0 rings (SSSR count). The van der Waals surface area contributed by atoms with Gasteiger partial charge in [0.05, 0.1) is 0 Å². The summed E-state index contributed by atoms with van der Waals surface area (Å²) in [6.45, 7) is 3.80. The van der Waals surface area contributed by atoms with Crippen molar-refractivity contribution in [2.24, 2.45) is 0 Å². The molecule has 0 aromatic carbocycles. The molecule has 0 bridgehead atoms. The molecule has 0 spiro atoms. The molecule has 1 amide bonds. The second-order valence-electron chi connectivity index (χ2n) is 5.33. The first-order valence-corrected chi connectivity index (χ1v) is 7.82. The van der Waals surface area contributed by atoms with Crippen molar-refractivity contribution in [3.05, 3.63) is 12.2 Å². The highest BCUT2D eigenvalue weighted by Gasteiger charge is 2.38. The third kappa shape index (κ3) is 7.85. The van der Waals surface area contributed by atoms with Gasteiger partial charge in [-0.2, -0.15) is 0 Å². The number of carboxylic acid groups (broad SMARTS) is 1. The SMILES string of the molecule is CCCC/C=C/CC(=O)N[C@](CCO)(CCCC)C(=O)O. The van der Waals surface area contributed by atoms with E-state index in [4.69, 9.17) is 5.11 Å². The maximum absolute atomic E-state index is 11.9. The summed E-state index contributed by atoms with van der Waals surface area (Å²) in [6, 6.07) is 0. The fourth-order valence-electron chi connectivity index (χ4n) is 2.13. The molecule has 0 fully saturated rings. The van der Waals surface area contributed by atoms with Crippen molar-refractivity contribution in [1.29, 1.82) is 0 Å². The molecule has 0 aromatic rings. The summed E-state index contributed by atoms with van der Waals surface area (Å²) < 4.78 is 0. The van der Waals surface area contributed by atoms with Gasteiger partial charge in [0.15, 0.2) is 0 Å². The molecule has 122 valence electrons. The van der Waals surface area contributed by atoms with E-state index >= 15 is 0 Å². The number of carbonyl (C=O) groups is 2. The van der Waals surface area contributed by atoms with E-state index in [1.165, 1.54) is 0 Å².